The maximum atomic E-state index is 12.2. The molecule has 1 N–H and O–H groups in total. The Morgan fingerprint density at radius 1 is 0.812 bits per heavy atom. The van der Waals surface area contributed by atoms with E-state index < -0.39 is 20.4 Å². The summed E-state index contributed by atoms with van der Waals surface area (Å²) in [7, 11) is -2.95. The van der Waals surface area contributed by atoms with Gasteiger partial charge in [0.2, 0.25) is 0 Å². The highest BCUT2D eigenvalue weighted by Crippen LogP contribution is 2.11. The summed E-state index contributed by atoms with van der Waals surface area (Å²) in [5, 5.41) is 13.7. The predicted octanol–water partition coefficient (Wildman–Crippen LogP) is 1.94. The molecule has 0 saturated carbocycles. The molecule has 0 amide bonds. The number of carbonyl (C=O) groups excluding carboxylic acids is 2. The van der Waals surface area contributed by atoms with Crippen LogP contribution < -0.4 is 15.6 Å². The first kappa shape index (κ1) is 23.6. The Kier molecular flexibility index (Phi) is 8.50. The number of Topliss-reactive ketones (excluding diaryl/α,β-unsaturated/α-hetero) is 1. The van der Waals surface area contributed by atoms with Gasteiger partial charge < -0.3 is 14.3 Å². The highest BCUT2D eigenvalue weighted by molar-refractivity contribution is 7.07. The third kappa shape index (κ3) is 5.79. The molecule has 0 radical (unpaired) electrons. The number of esters is 1. The summed E-state index contributed by atoms with van der Waals surface area (Å²) in [5.74, 6) is -0.946. The minimum Gasteiger partial charge on any atom is -0.466 e. The summed E-state index contributed by atoms with van der Waals surface area (Å²) in [6.45, 7) is 1.88. The van der Waals surface area contributed by atoms with E-state index in [1.807, 2.05) is 91.0 Å². The molecule has 5 nitrogen and oxygen atoms in total. The molecule has 0 aliphatic rings. The fourth-order valence-corrected chi connectivity index (χ4v) is 7.68. The van der Waals surface area contributed by atoms with Gasteiger partial charge in [0.05, 0.1) is 19.3 Å². The lowest BCUT2D eigenvalue weighted by Crippen LogP contribution is -2.69. The van der Waals surface area contributed by atoms with Gasteiger partial charge in [0, 0.05) is 6.42 Å². The van der Waals surface area contributed by atoms with E-state index in [1.165, 1.54) is 0 Å². The highest BCUT2D eigenvalue weighted by Gasteiger charge is 2.42. The average Bonchev–Trinajstić information content (AvgIpc) is 2.81. The third-order valence-electron chi connectivity index (χ3n) is 5.14. The Balaban J connectivity index is 1.90. The van der Waals surface area contributed by atoms with Crippen molar-refractivity contribution >= 4 is 35.6 Å². The normalized spacial score (nSPS) is 12.2. The number of carbonyl (C=O) groups is 2. The second-order valence-corrected chi connectivity index (χ2v) is 10.9. The molecule has 3 aromatic carbocycles. The fourth-order valence-electron chi connectivity index (χ4n) is 3.76. The van der Waals surface area contributed by atoms with Gasteiger partial charge in [-0.2, -0.15) is 0 Å². The molecule has 1 unspecified atom stereocenters. The van der Waals surface area contributed by atoms with Gasteiger partial charge in [-0.1, -0.05) is 91.0 Å². The number of hydrogen-bond donors (Lipinski definition) is 1. The minimum atomic E-state index is -2.95. The molecular formula is C26H28O5Si. The first-order valence-corrected chi connectivity index (χ1v) is 12.6. The Bertz CT molecular complexity index is 896. The smallest absolute Gasteiger partial charge is 0.313 e. The topological polar surface area (TPSA) is 72.8 Å². The molecule has 0 aromatic heterocycles. The predicted molar refractivity (Wildman–Crippen MR) is 127 cm³/mol. The van der Waals surface area contributed by atoms with E-state index in [-0.39, 0.29) is 31.8 Å². The van der Waals surface area contributed by atoms with Gasteiger partial charge in [-0.05, 0) is 22.5 Å². The first-order valence-electron chi connectivity index (χ1n) is 10.7. The van der Waals surface area contributed by atoms with Crippen LogP contribution in [0, 0.1) is 0 Å². The Hall–Kier alpha value is -3.06. The maximum Gasteiger partial charge on any atom is 0.313 e. The van der Waals surface area contributed by atoms with Crippen LogP contribution in [0.5, 0.6) is 0 Å². The molecule has 0 fully saturated rings. The van der Waals surface area contributed by atoms with Gasteiger partial charge in [-0.3, -0.25) is 9.59 Å². The Morgan fingerprint density at radius 3 is 1.66 bits per heavy atom. The quantitative estimate of drug-likeness (QED) is 0.210. The van der Waals surface area contributed by atoms with E-state index in [0.717, 1.165) is 15.6 Å². The summed E-state index contributed by atoms with van der Waals surface area (Å²) in [6.07, 6.45) is -1.54. The van der Waals surface area contributed by atoms with Gasteiger partial charge in [-0.25, -0.2) is 0 Å². The van der Waals surface area contributed by atoms with Crippen LogP contribution >= 0.6 is 0 Å². The number of rotatable bonds is 11. The van der Waals surface area contributed by atoms with Crippen molar-refractivity contribution in [2.45, 2.75) is 25.9 Å². The molecule has 0 saturated heterocycles. The largest absolute Gasteiger partial charge is 0.466 e. The molecule has 3 rings (SSSR count). The van der Waals surface area contributed by atoms with E-state index in [2.05, 4.69) is 0 Å². The van der Waals surface area contributed by atoms with Crippen LogP contribution in [0.2, 0.25) is 0 Å². The summed E-state index contributed by atoms with van der Waals surface area (Å²) in [4.78, 5) is 23.7. The molecule has 0 spiro atoms. The number of benzene rings is 3. The summed E-state index contributed by atoms with van der Waals surface area (Å²) in [6, 6.07) is 30.0. The molecule has 0 aliphatic carbocycles. The SMILES string of the molecule is CCOC(=O)CC(=O)CC(O)CO[Si](c1ccccc1)(c1ccccc1)c1ccccc1. The molecular weight excluding hydrogens is 420 g/mol. The summed E-state index contributed by atoms with van der Waals surface area (Å²) < 4.78 is 11.4. The van der Waals surface area contributed by atoms with E-state index in [1.54, 1.807) is 6.92 Å². The van der Waals surface area contributed by atoms with Crippen molar-refractivity contribution in [2.24, 2.45) is 0 Å². The van der Waals surface area contributed by atoms with Crippen molar-refractivity contribution in [3.8, 4) is 0 Å². The molecule has 1 atom stereocenters. The molecule has 3 aromatic rings. The molecule has 32 heavy (non-hydrogen) atoms. The first-order chi connectivity index (χ1) is 15.6. The second-order valence-electron chi connectivity index (χ2n) is 7.47. The average molecular weight is 449 g/mol. The van der Waals surface area contributed by atoms with Crippen LogP contribution in [0.15, 0.2) is 91.0 Å². The summed E-state index contributed by atoms with van der Waals surface area (Å²) in [5.41, 5.74) is 0. The third-order valence-corrected chi connectivity index (χ3v) is 9.18. The number of aliphatic hydroxyl groups excluding tert-OH is 1. The molecule has 166 valence electrons. The highest BCUT2D eigenvalue weighted by atomic mass is 28.4. The van der Waals surface area contributed by atoms with Gasteiger partial charge in [-0.15, -0.1) is 0 Å². The monoisotopic (exact) mass is 448 g/mol. The fraction of sp³-hybridized carbons (Fsp3) is 0.231. The van der Waals surface area contributed by atoms with E-state index in [0.29, 0.717) is 0 Å². The molecule has 0 heterocycles. The minimum absolute atomic E-state index is 0.0283. The zero-order valence-electron chi connectivity index (χ0n) is 18.1. The van der Waals surface area contributed by atoms with Crippen LogP contribution in [0.25, 0.3) is 0 Å². The van der Waals surface area contributed by atoms with Gasteiger partial charge in [0.1, 0.15) is 12.2 Å². The van der Waals surface area contributed by atoms with Crippen LogP contribution in [0.1, 0.15) is 19.8 Å². The second kappa shape index (κ2) is 11.5. The molecule has 0 bridgehead atoms. The number of hydrogen-bond acceptors (Lipinski definition) is 5. The standard InChI is InChI=1S/C26H28O5Si/c1-2-30-26(29)19-21(27)18-22(28)20-31-32(23-12-6-3-7-13-23,24-14-8-4-9-15-24)25-16-10-5-11-17-25/h3-17,22,28H,2,18-20H2,1H3. The number of aliphatic hydroxyl groups is 1. The van der Waals surface area contributed by atoms with Crippen molar-refractivity contribution in [3.63, 3.8) is 0 Å². The van der Waals surface area contributed by atoms with Gasteiger partial charge >= 0.3 is 5.97 Å². The lowest BCUT2D eigenvalue weighted by Gasteiger charge is -2.33. The van der Waals surface area contributed by atoms with E-state index in [4.69, 9.17) is 9.16 Å². The van der Waals surface area contributed by atoms with Crippen LogP contribution in [0.4, 0.5) is 0 Å². The lowest BCUT2D eigenvalue weighted by atomic mass is 10.1. The van der Waals surface area contributed by atoms with Crippen LogP contribution in [0.3, 0.4) is 0 Å². The zero-order valence-corrected chi connectivity index (χ0v) is 19.1. The van der Waals surface area contributed by atoms with Crippen molar-refractivity contribution in [2.75, 3.05) is 13.2 Å². The number of ether oxygens (including phenoxy) is 1. The lowest BCUT2D eigenvalue weighted by molar-refractivity contribution is -0.145. The van der Waals surface area contributed by atoms with Crippen molar-refractivity contribution in [1.29, 1.82) is 0 Å². The van der Waals surface area contributed by atoms with E-state index in [9.17, 15) is 14.7 Å². The van der Waals surface area contributed by atoms with Gasteiger partial charge in [0.15, 0.2) is 0 Å². The van der Waals surface area contributed by atoms with Crippen molar-refractivity contribution in [1.82, 2.24) is 0 Å². The van der Waals surface area contributed by atoms with Crippen LogP contribution in [-0.4, -0.2) is 44.5 Å². The Morgan fingerprint density at radius 2 is 1.25 bits per heavy atom. The molecule has 6 heteroatoms. The van der Waals surface area contributed by atoms with Crippen molar-refractivity contribution in [3.05, 3.63) is 91.0 Å². The summed E-state index contributed by atoms with van der Waals surface area (Å²) >= 11 is 0. The van der Waals surface area contributed by atoms with Crippen LogP contribution in [-0.2, 0) is 18.8 Å². The zero-order chi connectivity index (χ0) is 22.8. The molecule has 0 aliphatic heterocycles. The maximum absolute atomic E-state index is 12.2. The number of ketones is 1. The van der Waals surface area contributed by atoms with Crippen molar-refractivity contribution < 1.29 is 23.9 Å². The van der Waals surface area contributed by atoms with Gasteiger partial charge in [0.25, 0.3) is 8.32 Å². The van der Waals surface area contributed by atoms with E-state index >= 15 is 0 Å². The Labute approximate surface area is 189 Å².